The molecule has 148 valence electrons. The molecule has 0 spiro atoms. The van der Waals surface area contributed by atoms with Crippen molar-refractivity contribution in [3.8, 4) is 22.6 Å². The van der Waals surface area contributed by atoms with Gasteiger partial charge in [0.05, 0.1) is 22.8 Å². The molecule has 0 aliphatic carbocycles. The number of aromatic nitrogens is 6. The van der Waals surface area contributed by atoms with E-state index in [1.807, 2.05) is 54.7 Å². The lowest BCUT2D eigenvalue weighted by molar-refractivity contribution is 0.650. The predicted molar refractivity (Wildman–Crippen MR) is 118 cm³/mol. The summed E-state index contributed by atoms with van der Waals surface area (Å²) in [6, 6.07) is 16.8. The van der Waals surface area contributed by atoms with Crippen molar-refractivity contribution < 1.29 is 0 Å². The Kier molecular flexibility index (Phi) is 4.90. The molecule has 3 heterocycles. The van der Waals surface area contributed by atoms with Gasteiger partial charge in [-0.15, -0.1) is 5.10 Å². The van der Waals surface area contributed by atoms with Crippen LogP contribution in [0.5, 0.6) is 0 Å². The Morgan fingerprint density at radius 1 is 0.900 bits per heavy atom. The molecule has 0 radical (unpaired) electrons. The summed E-state index contributed by atoms with van der Waals surface area (Å²) in [5.41, 5.74) is 4.77. The van der Waals surface area contributed by atoms with Gasteiger partial charge in [0, 0.05) is 16.8 Å². The van der Waals surface area contributed by atoms with Crippen molar-refractivity contribution in [3.05, 3.63) is 87.6 Å². The van der Waals surface area contributed by atoms with Gasteiger partial charge < -0.3 is 0 Å². The van der Waals surface area contributed by atoms with Crippen LogP contribution in [0.1, 0.15) is 5.56 Å². The fourth-order valence-electron chi connectivity index (χ4n) is 3.24. The summed E-state index contributed by atoms with van der Waals surface area (Å²) in [6.07, 6.45) is 3.57. The van der Waals surface area contributed by atoms with Gasteiger partial charge in [0.25, 0.3) is 0 Å². The van der Waals surface area contributed by atoms with Crippen LogP contribution in [-0.2, 0) is 6.54 Å². The van der Waals surface area contributed by atoms with E-state index in [-0.39, 0.29) is 0 Å². The number of benzene rings is 2. The summed E-state index contributed by atoms with van der Waals surface area (Å²) in [7, 11) is 0. The van der Waals surface area contributed by atoms with Crippen molar-refractivity contribution in [2.75, 3.05) is 0 Å². The van der Waals surface area contributed by atoms with Crippen LogP contribution >= 0.6 is 34.8 Å². The minimum absolute atomic E-state index is 0.504. The second-order valence-electron chi connectivity index (χ2n) is 6.66. The third-order valence-corrected chi connectivity index (χ3v) is 5.61. The molecule has 0 saturated heterocycles. The van der Waals surface area contributed by atoms with E-state index < -0.39 is 0 Å². The molecule has 9 heteroatoms. The number of hydrogen-bond donors (Lipinski definition) is 0. The summed E-state index contributed by atoms with van der Waals surface area (Å²) in [5, 5.41) is 14.8. The molecule has 5 aromatic rings. The lowest BCUT2D eigenvalue weighted by Crippen LogP contribution is -2.00. The minimum Gasteiger partial charge on any atom is -0.247 e. The molecule has 6 nitrogen and oxygen atoms in total. The van der Waals surface area contributed by atoms with Gasteiger partial charge in [0.2, 0.25) is 0 Å². The molecular weight excluding hydrogens is 443 g/mol. The van der Waals surface area contributed by atoms with E-state index in [4.69, 9.17) is 39.8 Å². The summed E-state index contributed by atoms with van der Waals surface area (Å²) >= 11 is 18.2. The highest BCUT2D eigenvalue weighted by Crippen LogP contribution is 2.32. The predicted octanol–water partition coefficient (Wildman–Crippen LogP) is 5.66. The van der Waals surface area contributed by atoms with Crippen LogP contribution in [-0.4, -0.2) is 29.6 Å². The van der Waals surface area contributed by atoms with Crippen LogP contribution in [0.4, 0.5) is 0 Å². The van der Waals surface area contributed by atoms with Crippen LogP contribution in [0.25, 0.3) is 28.3 Å². The Morgan fingerprint density at radius 3 is 2.53 bits per heavy atom. The molecule has 0 amide bonds. The molecule has 0 bridgehead atoms. The molecule has 5 rings (SSSR count). The summed E-state index contributed by atoms with van der Waals surface area (Å²) in [6.45, 7) is 0.504. The number of imidazole rings is 1. The normalized spacial score (nSPS) is 11.3. The SMILES string of the molecule is Clc1ccc(-c2nc3cccnn3c2-c2cn(Cc3ccc(Cl)c(Cl)c3)nn2)cc1. The van der Waals surface area contributed by atoms with Crippen LogP contribution < -0.4 is 0 Å². The molecular formula is C21H13Cl3N6. The van der Waals surface area contributed by atoms with Gasteiger partial charge in [-0.2, -0.15) is 5.10 Å². The average molecular weight is 456 g/mol. The first-order chi connectivity index (χ1) is 14.6. The van der Waals surface area contributed by atoms with E-state index in [1.165, 1.54) is 0 Å². The number of nitrogens with zero attached hydrogens (tertiary/aromatic N) is 6. The van der Waals surface area contributed by atoms with Gasteiger partial charge in [-0.1, -0.05) is 58.2 Å². The fraction of sp³-hybridized carbons (Fsp3) is 0.0476. The van der Waals surface area contributed by atoms with E-state index >= 15 is 0 Å². The molecule has 2 aromatic carbocycles. The Hall–Kier alpha value is -2.93. The Bertz CT molecular complexity index is 1360. The van der Waals surface area contributed by atoms with E-state index in [0.29, 0.717) is 27.3 Å². The molecule has 0 atom stereocenters. The van der Waals surface area contributed by atoms with Crippen molar-refractivity contribution in [1.29, 1.82) is 0 Å². The van der Waals surface area contributed by atoms with Gasteiger partial charge in [-0.3, -0.25) is 0 Å². The standard InChI is InChI=1S/C21H13Cl3N6/c22-15-6-4-14(5-7-15)20-21(30-19(26-20)2-1-9-25-30)18-12-29(28-27-18)11-13-3-8-16(23)17(24)10-13/h1-10,12H,11H2. The van der Waals surface area contributed by atoms with Crippen LogP contribution in [0.3, 0.4) is 0 Å². The summed E-state index contributed by atoms with van der Waals surface area (Å²) in [4.78, 5) is 4.75. The van der Waals surface area contributed by atoms with Crippen molar-refractivity contribution in [2.45, 2.75) is 6.54 Å². The monoisotopic (exact) mass is 454 g/mol. The number of fused-ring (bicyclic) bond motifs is 1. The molecule has 0 saturated carbocycles. The lowest BCUT2D eigenvalue weighted by Gasteiger charge is -2.03. The third-order valence-electron chi connectivity index (χ3n) is 4.62. The smallest absolute Gasteiger partial charge is 0.155 e. The number of halogens is 3. The van der Waals surface area contributed by atoms with Crippen LogP contribution in [0.15, 0.2) is 67.0 Å². The molecule has 0 fully saturated rings. The first kappa shape index (κ1) is 19.1. The van der Waals surface area contributed by atoms with E-state index in [0.717, 1.165) is 28.2 Å². The highest BCUT2D eigenvalue weighted by Gasteiger charge is 2.19. The fourth-order valence-corrected chi connectivity index (χ4v) is 3.68. The van der Waals surface area contributed by atoms with Gasteiger partial charge >= 0.3 is 0 Å². The average Bonchev–Trinajstić information content (AvgIpc) is 3.35. The number of rotatable bonds is 4. The Labute approximate surface area is 186 Å². The summed E-state index contributed by atoms with van der Waals surface area (Å²) in [5.74, 6) is 0. The number of hydrogen-bond acceptors (Lipinski definition) is 4. The Balaban J connectivity index is 1.58. The maximum atomic E-state index is 6.13. The topological polar surface area (TPSA) is 60.9 Å². The summed E-state index contributed by atoms with van der Waals surface area (Å²) < 4.78 is 3.50. The highest BCUT2D eigenvalue weighted by molar-refractivity contribution is 6.42. The second-order valence-corrected chi connectivity index (χ2v) is 7.91. The largest absolute Gasteiger partial charge is 0.247 e. The zero-order valence-electron chi connectivity index (χ0n) is 15.4. The third kappa shape index (κ3) is 3.54. The van der Waals surface area contributed by atoms with Gasteiger partial charge in [0.15, 0.2) is 5.65 Å². The quantitative estimate of drug-likeness (QED) is 0.351. The van der Waals surface area contributed by atoms with Crippen molar-refractivity contribution in [2.24, 2.45) is 0 Å². The van der Waals surface area contributed by atoms with Gasteiger partial charge in [0.1, 0.15) is 17.1 Å². The first-order valence-electron chi connectivity index (χ1n) is 9.02. The Morgan fingerprint density at radius 2 is 1.73 bits per heavy atom. The second kappa shape index (κ2) is 7.72. The first-order valence-corrected chi connectivity index (χ1v) is 10.2. The maximum absolute atomic E-state index is 6.13. The van der Waals surface area contributed by atoms with E-state index in [2.05, 4.69) is 15.4 Å². The lowest BCUT2D eigenvalue weighted by atomic mass is 10.1. The van der Waals surface area contributed by atoms with Crippen molar-refractivity contribution >= 4 is 40.4 Å². The minimum atomic E-state index is 0.504. The maximum Gasteiger partial charge on any atom is 0.155 e. The molecule has 30 heavy (non-hydrogen) atoms. The zero-order valence-corrected chi connectivity index (χ0v) is 17.6. The molecule has 0 aliphatic rings. The molecule has 0 N–H and O–H groups in total. The molecule has 3 aromatic heterocycles. The van der Waals surface area contributed by atoms with E-state index in [1.54, 1.807) is 21.5 Å². The molecule has 0 aliphatic heterocycles. The zero-order chi connectivity index (χ0) is 20.7. The van der Waals surface area contributed by atoms with Gasteiger partial charge in [-0.25, -0.2) is 14.2 Å². The highest BCUT2D eigenvalue weighted by atomic mass is 35.5. The van der Waals surface area contributed by atoms with Crippen LogP contribution in [0.2, 0.25) is 15.1 Å². The van der Waals surface area contributed by atoms with E-state index in [9.17, 15) is 0 Å². The van der Waals surface area contributed by atoms with Crippen LogP contribution in [0, 0.1) is 0 Å². The molecule has 0 unspecified atom stereocenters. The van der Waals surface area contributed by atoms with Crippen molar-refractivity contribution in [1.82, 2.24) is 29.6 Å². The van der Waals surface area contributed by atoms with Crippen molar-refractivity contribution in [3.63, 3.8) is 0 Å². The van der Waals surface area contributed by atoms with Gasteiger partial charge in [-0.05, 0) is 42.0 Å².